The minimum atomic E-state index is 0.821. The maximum absolute atomic E-state index is 5.34. The van der Waals surface area contributed by atoms with Crippen molar-refractivity contribution in [3.05, 3.63) is 170 Å². The van der Waals surface area contributed by atoms with Gasteiger partial charge in [0, 0.05) is 27.4 Å². The van der Waals surface area contributed by atoms with E-state index in [-0.39, 0.29) is 0 Å². The number of aromatic nitrogens is 4. The van der Waals surface area contributed by atoms with Gasteiger partial charge in [0.2, 0.25) is 0 Å². The summed E-state index contributed by atoms with van der Waals surface area (Å²) < 4.78 is 4.74. The molecule has 0 saturated carbocycles. The predicted octanol–water partition coefficient (Wildman–Crippen LogP) is 11.2. The zero-order valence-electron chi connectivity index (χ0n) is 26.0. The molecule has 0 aliphatic heterocycles. The molecule has 0 aliphatic rings. The lowest BCUT2D eigenvalue weighted by atomic mass is 10.1. The third kappa shape index (κ3) is 3.96. The van der Waals surface area contributed by atoms with Crippen LogP contribution in [0.4, 0.5) is 0 Å². The second-order valence-electron chi connectivity index (χ2n) is 12.2. The Morgan fingerprint density at radius 3 is 1.60 bits per heavy atom. The van der Waals surface area contributed by atoms with Gasteiger partial charge < -0.3 is 4.57 Å². The SMILES string of the molecule is c1ccc(-c2ccc(-n3c4ccccc4c4cccc5c4c4c3cccc4n5-c3nc4ccccc4nc3-c3ccccc3)cc2)cc1. The number of fused-ring (bicyclic) bond motifs is 3. The topological polar surface area (TPSA) is 35.6 Å². The Hall–Kier alpha value is -6.52. The van der Waals surface area contributed by atoms with E-state index in [1.54, 1.807) is 0 Å². The first-order chi connectivity index (χ1) is 23.8. The first-order valence-electron chi connectivity index (χ1n) is 16.3. The van der Waals surface area contributed by atoms with Gasteiger partial charge in [0.1, 0.15) is 5.69 Å². The van der Waals surface area contributed by atoms with Crippen molar-refractivity contribution in [1.29, 1.82) is 0 Å². The van der Waals surface area contributed by atoms with Crippen LogP contribution in [-0.2, 0) is 0 Å². The van der Waals surface area contributed by atoms with Crippen molar-refractivity contribution in [3.8, 4) is 33.9 Å². The largest absolute Gasteiger partial charge is 0.309 e. The van der Waals surface area contributed by atoms with Crippen LogP contribution in [0.25, 0.3) is 88.5 Å². The highest BCUT2D eigenvalue weighted by Crippen LogP contribution is 2.43. The average Bonchev–Trinajstić information content (AvgIpc) is 3.44. The Labute approximate surface area is 276 Å². The number of hydrogen-bond acceptors (Lipinski definition) is 2. The smallest absolute Gasteiger partial charge is 0.165 e. The summed E-state index contributed by atoms with van der Waals surface area (Å²) in [5.74, 6) is 0.821. The monoisotopic (exact) mass is 612 g/mol. The Morgan fingerprint density at radius 2 is 0.854 bits per heavy atom. The Bertz CT molecular complexity index is 2810. The lowest BCUT2D eigenvalue weighted by molar-refractivity contribution is 1.08. The Kier molecular flexibility index (Phi) is 5.84. The maximum Gasteiger partial charge on any atom is 0.165 e. The zero-order valence-corrected chi connectivity index (χ0v) is 26.0. The van der Waals surface area contributed by atoms with Gasteiger partial charge in [-0.1, -0.05) is 121 Å². The fourth-order valence-corrected chi connectivity index (χ4v) is 7.40. The Balaban J connectivity index is 1.35. The highest BCUT2D eigenvalue weighted by Gasteiger charge is 2.23. The van der Waals surface area contributed by atoms with E-state index in [2.05, 4.69) is 149 Å². The number of para-hydroxylation sites is 3. The van der Waals surface area contributed by atoms with E-state index in [9.17, 15) is 0 Å². The van der Waals surface area contributed by atoms with Crippen LogP contribution in [0.5, 0.6) is 0 Å². The molecule has 10 rings (SSSR count). The standard InChI is InChI=1S/C44H28N4/c1-3-13-29(14-4-1)30-25-27-32(28-26-30)47-37-21-10-7-17-33(37)34-18-11-22-38-41(34)42-39(47)23-12-24-40(42)48(38)44-43(31-15-5-2-6-16-31)45-35-19-8-9-20-36(35)46-44/h1-28H. The molecule has 10 aromatic rings. The second kappa shape index (κ2) is 10.5. The molecule has 0 bridgehead atoms. The van der Waals surface area contributed by atoms with Crippen molar-refractivity contribution in [2.45, 2.75) is 0 Å². The maximum atomic E-state index is 5.34. The molecule has 0 amide bonds. The summed E-state index contributed by atoms with van der Waals surface area (Å²) in [6.07, 6.45) is 0. The van der Waals surface area contributed by atoms with Crippen molar-refractivity contribution in [3.63, 3.8) is 0 Å². The molecule has 0 spiro atoms. The van der Waals surface area contributed by atoms with Gasteiger partial charge in [0.05, 0.1) is 33.1 Å². The third-order valence-electron chi connectivity index (χ3n) is 9.51. The highest BCUT2D eigenvalue weighted by molar-refractivity contribution is 6.28. The number of hydrogen-bond donors (Lipinski definition) is 0. The van der Waals surface area contributed by atoms with Crippen LogP contribution in [0.2, 0.25) is 0 Å². The van der Waals surface area contributed by atoms with Gasteiger partial charge in [-0.3, -0.25) is 4.57 Å². The van der Waals surface area contributed by atoms with Gasteiger partial charge >= 0.3 is 0 Å². The molecule has 3 aromatic heterocycles. The zero-order chi connectivity index (χ0) is 31.6. The van der Waals surface area contributed by atoms with Crippen LogP contribution < -0.4 is 0 Å². The Morgan fingerprint density at radius 1 is 0.333 bits per heavy atom. The van der Waals surface area contributed by atoms with E-state index in [0.717, 1.165) is 55.9 Å². The summed E-state index contributed by atoms with van der Waals surface area (Å²) in [6, 6.07) is 60.1. The molecule has 7 aromatic carbocycles. The summed E-state index contributed by atoms with van der Waals surface area (Å²) in [5, 5.41) is 4.81. The van der Waals surface area contributed by atoms with Crippen LogP contribution in [-0.4, -0.2) is 19.1 Å². The summed E-state index contributed by atoms with van der Waals surface area (Å²) in [6.45, 7) is 0. The molecule has 0 aliphatic carbocycles. The quantitative estimate of drug-likeness (QED) is 0.198. The molecule has 0 unspecified atom stereocenters. The van der Waals surface area contributed by atoms with Crippen LogP contribution in [0.1, 0.15) is 0 Å². The molecule has 0 atom stereocenters. The predicted molar refractivity (Wildman–Crippen MR) is 199 cm³/mol. The molecule has 4 heteroatoms. The fraction of sp³-hybridized carbons (Fsp3) is 0. The van der Waals surface area contributed by atoms with Crippen LogP contribution >= 0.6 is 0 Å². The first kappa shape index (κ1) is 26.7. The van der Waals surface area contributed by atoms with Crippen molar-refractivity contribution < 1.29 is 0 Å². The van der Waals surface area contributed by atoms with E-state index in [0.29, 0.717) is 0 Å². The molecular weight excluding hydrogens is 585 g/mol. The van der Waals surface area contributed by atoms with Gasteiger partial charge in [-0.25, -0.2) is 9.97 Å². The van der Waals surface area contributed by atoms with E-state index >= 15 is 0 Å². The molecule has 0 saturated heterocycles. The third-order valence-corrected chi connectivity index (χ3v) is 9.51. The molecular formula is C44H28N4. The lowest BCUT2D eigenvalue weighted by Gasteiger charge is -2.15. The highest BCUT2D eigenvalue weighted by atomic mass is 15.1. The minimum absolute atomic E-state index is 0.821. The normalized spacial score (nSPS) is 11.8. The molecule has 0 N–H and O–H groups in total. The number of nitrogens with zero attached hydrogens (tertiary/aromatic N) is 4. The van der Waals surface area contributed by atoms with Crippen molar-refractivity contribution >= 4 is 54.6 Å². The van der Waals surface area contributed by atoms with Gasteiger partial charge in [-0.2, -0.15) is 0 Å². The summed E-state index contributed by atoms with van der Waals surface area (Å²) in [7, 11) is 0. The van der Waals surface area contributed by atoms with Crippen molar-refractivity contribution in [2.24, 2.45) is 0 Å². The van der Waals surface area contributed by atoms with Gasteiger partial charge in [0.25, 0.3) is 0 Å². The summed E-state index contributed by atoms with van der Waals surface area (Å²) in [5.41, 5.74) is 11.6. The van der Waals surface area contributed by atoms with Crippen LogP contribution in [0, 0.1) is 0 Å². The van der Waals surface area contributed by atoms with E-state index < -0.39 is 0 Å². The minimum Gasteiger partial charge on any atom is -0.309 e. The molecule has 4 nitrogen and oxygen atoms in total. The van der Waals surface area contributed by atoms with E-state index in [1.165, 1.54) is 32.7 Å². The van der Waals surface area contributed by atoms with E-state index in [1.807, 2.05) is 30.3 Å². The van der Waals surface area contributed by atoms with Crippen LogP contribution in [0.15, 0.2) is 170 Å². The fourth-order valence-electron chi connectivity index (χ4n) is 7.40. The van der Waals surface area contributed by atoms with Crippen LogP contribution in [0.3, 0.4) is 0 Å². The first-order valence-corrected chi connectivity index (χ1v) is 16.3. The van der Waals surface area contributed by atoms with Gasteiger partial charge in [0.15, 0.2) is 5.82 Å². The van der Waals surface area contributed by atoms with Crippen molar-refractivity contribution in [2.75, 3.05) is 0 Å². The van der Waals surface area contributed by atoms with Crippen molar-refractivity contribution in [1.82, 2.24) is 19.1 Å². The second-order valence-corrected chi connectivity index (χ2v) is 12.2. The lowest BCUT2D eigenvalue weighted by Crippen LogP contribution is -2.04. The number of rotatable bonds is 4. The summed E-state index contributed by atoms with van der Waals surface area (Å²) in [4.78, 5) is 10.6. The molecule has 0 fully saturated rings. The molecule has 0 radical (unpaired) electrons. The number of benzene rings is 7. The molecule has 3 heterocycles. The molecule has 48 heavy (non-hydrogen) atoms. The van der Waals surface area contributed by atoms with Gasteiger partial charge in [-0.05, 0) is 65.0 Å². The van der Waals surface area contributed by atoms with E-state index in [4.69, 9.17) is 9.97 Å². The summed E-state index contributed by atoms with van der Waals surface area (Å²) >= 11 is 0. The average molecular weight is 613 g/mol. The van der Waals surface area contributed by atoms with Gasteiger partial charge in [-0.15, -0.1) is 0 Å². The molecule has 224 valence electrons.